The van der Waals surface area contributed by atoms with Gasteiger partial charge in [0.2, 0.25) is 0 Å². The number of hydrogen-bond acceptors (Lipinski definition) is 2. The van der Waals surface area contributed by atoms with Gasteiger partial charge >= 0.3 is 0 Å². The molecule has 0 aromatic carbocycles. The molecule has 0 aromatic rings. The molecule has 0 radical (unpaired) electrons. The van der Waals surface area contributed by atoms with Crippen molar-refractivity contribution in [1.82, 2.24) is 0 Å². The first-order valence-corrected chi connectivity index (χ1v) is 3.91. The molecule has 0 aliphatic heterocycles. The summed E-state index contributed by atoms with van der Waals surface area (Å²) in [6.07, 6.45) is 1.09. The van der Waals surface area contributed by atoms with Crippen molar-refractivity contribution < 1.29 is 4.74 Å². The van der Waals surface area contributed by atoms with Gasteiger partial charge in [0, 0.05) is 13.7 Å². The van der Waals surface area contributed by atoms with Crippen LogP contribution in [0.4, 0.5) is 0 Å². The smallest absolute Gasteiger partial charge is 0.0465 e. The number of hydrogen-bond donors (Lipinski definition) is 1. The first kappa shape index (κ1) is 9.92. The summed E-state index contributed by atoms with van der Waals surface area (Å²) in [4.78, 5) is 0. The molecule has 1 unspecified atom stereocenters. The highest BCUT2D eigenvalue weighted by molar-refractivity contribution is 4.62. The van der Waals surface area contributed by atoms with Crippen molar-refractivity contribution in [3.8, 4) is 0 Å². The van der Waals surface area contributed by atoms with E-state index >= 15 is 0 Å². The van der Waals surface area contributed by atoms with E-state index in [0.29, 0.717) is 11.8 Å². The lowest BCUT2D eigenvalue weighted by molar-refractivity contribution is 0.167. The molecule has 0 aliphatic rings. The largest absolute Gasteiger partial charge is 0.385 e. The molecule has 0 fully saturated rings. The van der Waals surface area contributed by atoms with E-state index in [9.17, 15) is 0 Å². The van der Waals surface area contributed by atoms with Crippen molar-refractivity contribution in [2.45, 2.75) is 20.3 Å². The third-order valence-corrected chi connectivity index (χ3v) is 1.94. The highest BCUT2D eigenvalue weighted by Gasteiger charge is 2.09. The fourth-order valence-corrected chi connectivity index (χ4v) is 0.993. The second-order valence-corrected chi connectivity index (χ2v) is 3.02. The Morgan fingerprint density at radius 2 is 2.00 bits per heavy atom. The Labute approximate surface area is 63.7 Å². The lowest BCUT2D eigenvalue weighted by Gasteiger charge is -2.17. The van der Waals surface area contributed by atoms with Crippen LogP contribution in [-0.2, 0) is 4.74 Å². The maximum absolute atomic E-state index is 5.56. The maximum Gasteiger partial charge on any atom is 0.0465 e. The molecule has 0 amide bonds. The summed E-state index contributed by atoms with van der Waals surface area (Å²) in [5.41, 5.74) is 5.56. The summed E-state index contributed by atoms with van der Waals surface area (Å²) in [6, 6.07) is 0. The second-order valence-electron chi connectivity index (χ2n) is 3.02. The predicted octanol–water partition coefficient (Wildman–Crippen LogP) is 1.25. The molecule has 2 nitrogen and oxygen atoms in total. The Morgan fingerprint density at radius 1 is 1.40 bits per heavy atom. The van der Waals surface area contributed by atoms with Crippen molar-refractivity contribution in [1.29, 1.82) is 0 Å². The fraction of sp³-hybridized carbons (Fsp3) is 1.00. The van der Waals surface area contributed by atoms with Crippen LogP contribution in [0.1, 0.15) is 20.3 Å². The average Bonchev–Trinajstić information content (AvgIpc) is 1.89. The van der Waals surface area contributed by atoms with E-state index in [1.54, 1.807) is 7.11 Å². The highest BCUT2D eigenvalue weighted by Crippen LogP contribution is 2.12. The van der Waals surface area contributed by atoms with Crippen molar-refractivity contribution in [2.75, 3.05) is 20.3 Å². The summed E-state index contributed by atoms with van der Waals surface area (Å²) in [6.45, 7) is 6.02. The molecule has 62 valence electrons. The van der Waals surface area contributed by atoms with Gasteiger partial charge < -0.3 is 10.5 Å². The summed E-state index contributed by atoms with van der Waals surface area (Å²) in [5.74, 6) is 1.31. The Balaban J connectivity index is 3.40. The van der Waals surface area contributed by atoms with Crippen LogP contribution in [0.2, 0.25) is 0 Å². The average molecular weight is 145 g/mol. The number of ether oxygens (including phenoxy) is 1. The molecule has 0 saturated heterocycles. The second kappa shape index (κ2) is 5.69. The van der Waals surface area contributed by atoms with Crippen LogP contribution in [0.25, 0.3) is 0 Å². The van der Waals surface area contributed by atoms with Gasteiger partial charge in [-0.2, -0.15) is 0 Å². The summed E-state index contributed by atoms with van der Waals surface area (Å²) in [7, 11) is 1.73. The minimum atomic E-state index is 0.625. The van der Waals surface area contributed by atoms with Crippen LogP contribution in [0.3, 0.4) is 0 Å². The zero-order chi connectivity index (χ0) is 7.98. The van der Waals surface area contributed by atoms with Crippen LogP contribution >= 0.6 is 0 Å². The van der Waals surface area contributed by atoms with E-state index in [1.807, 2.05) is 0 Å². The van der Waals surface area contributed by atoms with Gasteiger partial charge in [0.05, 0.1) is 0 Å². The first-order chi connectivity index (χ1) is 4.72. The van der Waals surface area contributed by atoms with Crippen molar-refractivity contribution in [3.05, 3.63) is 0 Å². The van der Waals surface area contributed by atoms with E-state index in [4.69, 9.17) is 10.5 Å². The van der Waals surface area contributed by atoms with E-state index in [1.165, 1.54) is 0 Å². The molecule has 0 saturated carbocycles. The van der Waals surface area contributed by atoms with Crippen LogP contribution in [0.5, 0.6) is 0 Å². The number of nitrogens with two attached hydrogens (primary N) is 1. The SMILES string of the molecule is COCCC(CN)C(C)C. The predicted molar refractivity (Wildman–Crippen MR) is 43.9 cm³/mol. The van der Waals surface area contributed by atoms with E-state index in [-0.39, 0.29) is 0 Å². The third kappa shape index (κ3) is 3.85. The summed E-state index contributed by atoms with van der Waals surface area (Å²) in [5, 5.41) is 0. The molecule has 2 N–H and O–H groups in total. The first-order valence-electron chi connectivity index (χ1n) is 3.91. The Kier molecular flexibility index (Phi) is 5.64. The molecule has 0 heterocycles. The molecule has 0 spiro atoms. The van der Waals surface area contributed by atoms with Gasteiger partial charge in [-0.25, -0.2) is 0 Å². The third-order valence-electron chi connectivity index (χ3n) is 1.94. The highest BCUT2D eigenvalue weighted by atomic mass is 16.5. The fourth-order valence-electron chi connectivity index (χ4n) is 0.993. The maximum atomic E-state index is 5.56. The topological polar surface area (TPSA) is 35.2 Å². The van der Waals surface area contributed by atoms with E-state index in [2.05, 4.69) is 13.8 Å². The normalized spacial score (nSPS) is 14.1. The molecule has 0 rings (SSSR count). The van der Waals surface area contributed by atoms with Gasteiger partial charge in [-0.3, -0.25) is 0 Å². The van der Waals surface area contributed by atoms with Gasteiger partial charge in [-0.1, -0.05) is 13.8 Å². The Hall–Kier alpha value is -0.0800. The standard InChI is InChI=1S/C8H19NO/c1-7(2)8(6-9)4-5-10-3/h7-8H,4-6,9H2,1-3H3. The number of methoxy groups -OCH3 is 1. The quantitative estimate of drug-likeness (QED) is 0.632. The van der Waals surface area contributed by atoms with E-state index in [0.717, 1.165) is 19.6 Å². The molecule has 0 aliphatic carbocycles. The van der Waals surface area contributed by atoms with Crippen molar-refractivity contribution >= 4 is 0 Å². The molecular formula is C8H19NO. The van der Waals surface area contributed by atoms with Crippen molar-refractivity contribution in [3.63, 3.8) is 0 Å². The van der Waals surface area contributed by atoms with Gasteiger partial charge in [0.15, 0.2) is 0 Å². The van der Waals surface area contributed by atoms with Crippen molar-refractivity contribution in [2.24, 2.45) is 17.6 Å². The van der Waals surface area contributed by atoms with Crippen LogP contribution in [0, 0.1) is 11.8 Å². The Morgan fingerprint density at radius 3 is 2.30 bits per heavy atom. The molecule has 0 aromatic heterocycles. The van der Waals surface area contributed by atoms with Crippen LogP contribution in [-0.4, -0.2) is 20.3 Å². The number of rotatable bonds is 5. The van der Waals surface area contributed by atoms with E-state index < -0.39 is 0 Å². The molecular weight excluding hydrogens is 126 g/mol. The minimum absolute atomic E-state index is 0.625. The Bertz CT molecular complexity index is 73.7. The summed E-state index contributed by atoms with van der Waals surface area (Å²) >= 11 is 0. The zero-order valence-corrected chi connectivity index (χ0v) is 7.26. The minimum Gasteiger partial charge on any atom is -0.385 e. The van der Waals surface area contributed by atoms with Crippen LogP contribution < -0.4 is 5.73 Å². The van der Waals surface area contributed by atoms with Gasteiger partial charge in [0.25, 0.3) is 0 Å². The van der Waals surface area contributed by atoms with Gasteiger partial charge in [-0.15, -0.1) is 0 Å². The van der Waals surface area contributed by atoms with Gasteiger partial charge in [-0.05, 0) is 24.8 Å². The molecule has 1 atom stereocenters. The monoisotopic (exact) mass is 145 g/mol. The van der Waals surface area contributed by atoms with Gasteiger partial charge in [0.1, 0.15) is 0 Å². The molecule has 10 heavy (non-hydrogen) atoms. The molecule has 2 heteroatoms. The lowest BCUT2D eigenvalue weighted by atomic mass is 9.93. The lowest BCUT2D eigenvalue weighted by Crippen LogP contribution is -2.21. The molecule has 0 bridgehead atoms. The zero-order valence-electron chi connectivity index (χ0n) is 7.26. The summed E-state index contributed by atoms with van der Waals surface area (Å²) < 4.78 is 4.97. The van der Waals surface area contributed by atoms with Crippen LogP contribution in [0.15, 0.2) is 0 Å².